The van der Waals surface area contributed by atoms with E-state index in [-0.39, 0.29) is 11.4 Å². The molecule has 0 unspecified atom stereocenters. The van der Waals surface area contributed by atoms with Crippen molar-refractivity contribution >= 4 is 43.6 Å². The van der Waals surface area contributed by atoms with Gasteiger partial charge < -0.3 is 9.13 Å². The Morgan fingerprint density at radius 1 is 0.324 bits per heavy atom. The van der Waals surface area contributed by atoms with Crippen molar-refractivity contribution in [2.45, 2.75) is 6.18 Å². The van der Waals surface area contributed by atoms with Crippen LogP contribution in [0.1, 0.15) is 11.1 Å². The Bertz CT molecular complexity index is 3520. The van der Waals surface area contributed by atoms with E-state index in [1.807, 2.05) is 206 Å². The van der Waals surface area contributed by atoms with Gasteiger partial charge in [-0.15, -0.1) is 0 Å². The van der Waals surface area contributed by atoms with Gasteiger partial charge in [-0.25, -0.2) is 0 Å². The van der Waals surface area contributed by atoms with E-state index < -0.39 is 11.7 Å². The van der Waals surface area contributed by atoms with Crippen LogP contribution < -0.4 is 0 Å². The predicted molar refractivity (Wildman–Crippen MR) is 272 cm³/mol. The van der Waals surface area contributed by atoms with Crippen LogP contribution in [0.4, 0.5) is 13.2 Å². The topological polar surface area (TPSA) is 33.6 Å². The molecule has 2 aromatic heterocycles. The van der Waals surface area contributed by atoms with Gasteiger partial charge in [-0.3, -0.25) is 0 Å². The smallest absolute Gasteiger partial charge is 0.308 e. The van der Waals surface area contributed by atoms with Crippen LogP contribution in [0.15, 0.2) is 231 Å². The number of benzene rings is 10. The highest BCUT2D eigenvalue weighted by Crippen LogP contribution is 2.48. The molecule has 0 saturated carbocycles. The fourth-order valence-electron chi connectivity index (χ4n) is 10.0. The zero-order chi connectivity index (χ0) is 45.9. The van der Waals surface area contributed by atoms with Crippen molar-refractivity contribution in [3.8, 4) is 73.1 Å². The van der Waals surface area contributed by atoms with E-state index in [1.165, 1.54) is 0 Å². The number of hydrogen-bond acceptors (Lipinski definition) is 1. The van der Waals surface area contributed by atoms with Crippen LogP contribution in [0.2, 0.25) is 0 Å². The SMILES string of the molecule is N#Cc1ccccc1-c1cc(-n2c3cc(-c4ccccc4)ccc3c3ccc(-c4ccccc4)cc32)c(C(F)(F)F)c(-n2c3cc(-c4ccccc4)ccc3c3ccc(-c4ccccc4)cc32)c1. The van der Waals surface area contributed by atoms with E-state index in [2.05, 4.69) is 6.07 Å². The summed E-state index contributed by atoms with van der Waals surface area (Å²) in [7, 11) is 0. The molecule has 0 amide bonds. The van der Waals surface area contributed by atoms with Gasteiger partial charge in [0, 0.05) is 21.5 Å². The van der Waals surface area contributed by atoms with Crippen LogP contribution in [0.3, 0.4) is 0 Å². The Labute approximate surface area is 390 Å². The van der Waals surface area contributed by atoms with E-state index in [9.17, 15) is 5.26 Å². The van der Waals surface area contributed by atoms with E-state index in [0.29, 0.717) is 38.8 Å². The summed E-state index contributed by atoms with van der Waals surface area (Å²) >= 11 is 0. The van der Waals surface area contributed by atoms with Crippen LogP contribution >= 0.6 is 0 Å². The third kappa shape index (κ3) is 6.83. The number of aromatic nitrogens is 2. The summed E-state index contributed by atoms with van der Waals surface area (Å²) in [5.74, 6) is 0. The number of fused-ring (bicyclic) bond motifs is 6. The molecule has 12 aromatic rings. The first kappa shape index (κ1) is 40.6. The molecule has 0 atom stereocenters. The lowest BCUT2D eigenvalue weighted by atomic mass is 9.96. The monoisotopic (exact) mass is 881 g/mol. The summed E-state index contributed by atoms with van der Waals surface area (Å²) in [6.07, 6.45) is -4.88. The van der Waals surface area contributed by atoms with E-state index >= 15 is 13.2 Å². The van der Waals surface area contributed by atoms with Crippen LogP contribution in [0, 0.1) is 11.3 Å². The van der Waals surface area contributed by atoms with Crippen LogP contribution in [0.25, 0.3) is 111 Å². The zero-order valence-corrected chi connectivity index (χ0v) is 36.4. The standard InChI is InChI=1S/C62H38F3N3/c63-62(64,65)61-59(67-55-33-44(40-15-5-1-6-16-40)25-29-51(55)52-30-26-45(34-56(52)67)41-17-7-2-8-18-41)37-49(50-24-14-13-23-48(50)39-66)38-60(61)68-57-35-46(42-19-9-3-10-20-42)27-31-53(57)54-32-28-47(36-58(54)68)43-21-11-4-12-22-43/h1-38H. The normalized spacial score (nSPS) is 11.7. The predicted octanol–water partition coefficient (Wildman–Crippen LogP) is 17.1. The second-order valence-corrected chi connectivity index (χ2v) is 17.1. The number of rotatable bonds is 7. The van der Waals surface area contributed by atoms with Crippen LogP contribution in [-0.4, -0.2) is 9.13 Å². The molecular formula is C62H38F3N3. The minimum Gasteiger partial charge on any atom is -0.308 e. The van der Waals surface area contributed by atoms with E-state index in [4.69, 9.17) is 0 Å². The molecule has 322 valence electrons. The van der Waals surface area contributed by atoms with Crippen molar-refractivity contribution in [1.82, 2.24) is 9.13 Å². The second kappa shape index (κ2) is 16.2. The van der Waals surface area contributed by atoms with Gasteiger partial charge in [-0.05, 0) is 98.1 Å². The minimum atomic E-state index is -4.88. The molecule has 0 spiro atoms. The fourth-order valence-corrected chi connectivity index (χ4v) is 10.0. The number of alkyl halides is 3. The largest absolute Gasteiger partial charge is 0.420 e. The van der Waals surface area contributed by atoms with Gasteiger partial charge in [0.05, 0.1) is 45.1 Å². The fraction of sp³-hybridized carbons (Fsp3) is 0.0161. The molecule has 2 heterocycles. The molecule has 10 aromatic carbocycles. The molecule has 0 fully saturated rings. The Morgan fingerprint density at radius 3 is 0.941 bits per heavy atom. The maximum Gasteiger partial charge on any atom is 0.420 e. The lowest BCUT2D eigenvalue weighted by Gasteiger charge is -2.23. The summed E-state index contributed by atoms with van der Waals surface area (Å²) in [6, 6.07) is 76.5. The average Bonchev–Trinajstić information content (AvgIpc) is 3.90. The van der Waals surface area contributed by atoms with Crippen molar-refractivity contribution < 1.29 is 13.2 Å². The maximum atomic E-state index is 17.1. The van der Waals surface area contributed by atoms with E-state index in [0.717, 1.165) is 66.1 Å². The molecule has 0 aliphatic carbocycles. The Kier molecular flexibility index (Phi) is 9.67. The molecule has 68 heavy (non-hydrogen) atoms. The van der Waals surface area contributed by atoms with Gasteiger partial charge in [-0.2, -0.15) is 18.4 Å². The molecular weight excluding hydrogens is 844 g/mol. The lowest BCUT2D eigenvalue weighted by Crippen LogP contribution is -2.16. The zero-order valence-electron chi connectivity index (χ0n) is 36.4. The summed E-state index contributed by atoms with van der Waals surface area (Å²) in [5, 5.41) is 13.8. The molecule has 6 heteroatoms. The first-order chi connectivity index (χ1) is 33.3. The first-order valence-electron chi connectivity index (χ1n) is 22.5. The van der Waals surface area contributed by atoms with Gasteiger partial charge >= 0.3 is 6.18 Å². The molecule has 3 nitrogen and oxygen atoms in total. The molecule has 0 N–H and O–H groups in total. The summed E-state index contributed by atoms with van der Waals surface area (Å²) < 4.78 is 54.8. The first-order valence-corrected chi connectivity index (χ1v) is 22.5. The summed E-state index contributed by atoms with van der Waals surface area (Å²) in [5.41, 5.74) is 10.2. The average molecular weight is 882 g/mol. The summed E-state index contributed by atoms with van der Waals surface area (Å²) in [6.45, 7) is 0. The number of halogens is 3. The van der Waals surface area contributed by atoms with Crippen molar-refractivity contribution in [2.24, 2.45) is 0 Å². The molecule has 12 rings (SSSR count). The van der Waals surface area contributed by atoms with E-state index in [1.54, 1.807) is 33.4 Å². The number of hydrogen-bond donors (Lipinski definition) is 0. The van der Waals surface area contributed by atoms with Crippen molar-refractivity contribution in [3.63, 3.8) is 0 Å². The third-order valence-corrected chi connectivity index (χ3v) is 13.2. The Hall–Kier alpha value is -8.92. The van der Waals surface area contributed by atoms with Crippen molar-refractivity contribution in [3.05, 3.63) is 242 Å². The van der Waals surface area contributed by atoms with Crippen LogP contribution in [-0.2, 0) is 6.18 Å². The van der Waals surface area contributed by atoms with Gasteiger partial charge in [0.25, 0.3) is 0 Å². The molecule has 0 saturated heterocycles. The Balaban J connectivity index is 1.27. The molecule has 0 radical (unpaired) electrons. The highest BCUT2D eigenvalue weighted by molar-refractivity contribution is 6.13. The van der Waals surface area contributed by atoms with Crippen molar-refractivity contribution in [1.29, 1.82) is 5.26 Å². The lowest BCUT2D eigenvalue weighted by molar-refractivity contribution is -0.137. The molecule has 0 bridgehead atoms. The third-order valence-electron chi connectivity index (χ3n) is 13.2. The van der Waals surface area contributed by atoms with Gasteiger partial charge in [-0.1, -0.05) is 188 Å². The van der Waals surface area contributed by atoms with Crippen LogP contribution in [0.5, 0.6) is 0 Å². The quantitative estimate of drug-likeness (QED) is 0.157. The summed E-state index contributed by atoms with van der Waals surface area (Å²) in [4.78, 5) is 0. The molecule has 0 aliphatic rings. The second-order valence-electron chi connectivity index (χ2n) is 17.1. The minimum absolute atomic E-state index is 0.0541. The van der Waals surface area contributed by atoms with Gasteiger partial charge in [0.15, 0.2) is 0 Å². The highest BCUT2D eigenvalue weighted by Gasteiger charge is 2.40. The van der Waals surface area contributed by atoms with Gasteiger partial charge in [0.2, 0.25) is 0 Å². The van der Waals surface area contributed by atoms with Gasteiger partial charge in [0.1, 0.15) is 5.56 Å². The number of nitrogens with zero attached hydrogens (tertiary/aromatic N) is 3. The highest BCUT2D eigenvalue weighted by atomic mass is 19.4. The Morgan fingerprint density at radius 2 is 0.632 bits per heavy atom. The van der Waals surface area contributed by atoms with Crippen molar-refractivity contribution in [2.75, 3.05) is 0 Å². The maximum absolute atomic E-state index is 17.1. The number of nitriles is 1. The molecule has 0 aliphatic heterocycles.